The van der Waals surface area contributed by atoms with Gasteiger partial charge in [-0.05, 0) is 30.3 Å². The van der Waals surface area contributed by atoms with Crippen LogP contribution >= 0.6 is 34.5 Å². The van der Waals surface area contributed by atoms with Crippen molar-refractivity contribution in [1.29, 1.82) is 0 Å². The molecule has 3 heterocycles. The Labute approximate surface area is 207 Å². The summed E-state index contributed by atoms with van der Waals surface area (Å²) in [5.41, 5.74) is -0.0452. The molecule has 1 fully saturated rings. The molecule has 5 rings (SSSR count). The molecule has 1 unspecified atom stereocenters. The van der Waals surface area contributed by atoms with E-state index in [1.807, 2.05) is 6.07 Å². The quantitative estimate of drug-likeness (QED) is 0.409. The zero-order valence-electron chi connectivity index (χ0n) is 17.3. The van der Waals surface area contributed by atoms with E-state index in [1.165, 1.54) is 29.5 Å². The van der Waals surface area contributed by atoms with E-state index in [9.17, 15) is 24.3 Å². The number of imide groups is 1. The number of nitrogens with zero attached hydrogens (tertiary/aromatic N) is 3. The van der Waals surface area contributed by atoms with E-state index in [0.717, 1.165) is 15.4 Å². The third-order valence-electron chi connectivity index (χ3n) is 5.88. The van der Waals surface area contributed by atoms with Crippen molar-refractivity contribution in [3.63, 3.8) is 0 Å². The Bertz CT molecular complexity index is 1390. The highest BCUT2D eigenvalue weighted by molar-refractivity contribution is 7.13. The van der Waals surface area contributed by atoms with Crippen LogP contribution in [-0.4, -0.2) is 45.2 Å². The fourth-order valence-electron chi connectivity index (χ4n) is 4.41. The van der Waals surface area contributed by atoms with E-state index in [-0.39, 0.29) is 22.8 Å². The first-order valence-electron chi connectivity index (χ1n) is 10.1. The molecule has 1 N–H and O–H groups in total. The van der Waals surface area contributed by atoms with Gasteiger partial charge in [-0.15, -0.1) is 11.3 Å². The largest absolute Gasteiger partial charge is 0.480 e. The van der Waals surface area contributed by atoms with Gasteiger partial charge in [0.15, 0.2) is 5.41 Å². The van der Waals surface area contributed by atoms with E-state index < -0.39 is 42.1 Å². The van der Waals surface area contributed by atoms with Gasteiger partial charge in [0, 0.05) is 32.2 Å². The van der Waals surface area contributed by atoms with Gasteiger partial charge in [0.1, 0.15) is 11.6 Å². The van der Waals surface area contributed by atoms with Crippen LogP contribution in [0, 0.1) is 0 Å². The Hall–Kier alpha value is -3.27. The second kappa shape index (κ2) is 8.19. The highest BCUT2D eigenvalue weighted by Gasteiger charge is 2.64. The van der Waals surface area contributed by atoms with Crippen LogP contribution in [0.4, 0.5) is 5.69 Å². The van der Waals surface area contributed by atoms with Crippen molar-refractivity contribution in [2.45, 2.75) is 18.4 Å². The zero-order chi connectivity index (χ0) is 24.2. The van der Waals surface area contributed by atoms with E-state index in [1.54, 1.807) is 23.6 Å². The minimum absolute atomic E-state index is 0.113. The lowest BCUT2D eigenvalue weighted by atomic mass is 9.80. The molecule has 0 aliphatic carbocycles. The number of likely N-dealkylation sites (tertiary alicyclic amines) is 1. The summed E-state index contributed by atoms with van der Waals surface area (Å²) in [7, 11) is 0. The second-order valence-corrected chi connectivity index (χ2v) is 9.70. The van der Waals surface area contributed by atoms with Crippen LogP contribution in [0.5, 0.6) is 0 Å². The number of fused-ring (bicyclic) bond motifs is 2. The number of amides is 3. The molecule has 0 saturated carbocycles. The molecule has 0 radical (unpaired) electrons. The Balaban J connectivity index is 1.48. The van der Waals surface area contributed by atoms with Crippen LogP contribution in [-0.2, 0) is 31.1 Å². The summed E-state index contributed by atoms with van der Waals surface area (Å²) in [6.45, 7) is -0.746. The average molecular weight is 516 g/mol. The molecule has 2 aliphatic rings. The number of carbonyl (C=O) groups excluding carboxylic acids is 3. The number of aliphatic carboxylic acids is 1. The number of hydrogen-bond donors (Lipinski definition) is 1. The van der Waals surface area contributed by atoms with Gasteiger partial charge in [0.05, 0.1) is 18.7 Å². The fraction of sp³-hybridized carbons (Fsp3) is 0.174. The maximum absolute atomic E-state index is 13.6. The number of anilines is 1. The van der Waals surface area contributed by atoms with Crippen molar-refractivity contribution >= 4 is 63.9 Å². The predicted molar refractivity (Wildman–Crippen MR) is 126 cm³/mol. The molecule has 0 bridgehead atoms. The van der Waals surface area contributed by atoms with Gasteiger partial charge in [0.25, 0.3) is 0 Å². The molecule has 1 atom stereocenters. The van der Waals surface area contributed by atoms with Crippen molar-refractivity contribution in [2.24, 2.45) is 0 Å². The number of halogens is 2. The number of thiazole rings is 1. The first-order chi connectivity index (χ1) is 16.2. The van der Waals surface area contributed by atoms with Gasteiger partial charge >= 0.3 is 5.97 Å². The Morgan fingerprint density at radius 3 is 2.53 bits per heavy atom. The molecule has 3 amide bonds. The number of aromatic nitrogens is 1. The third-order valence-corrected chi connectivity index (χ3v) is 7.29. The summed E-state index contributed by atoms with van der Waals surface area (Å²) in [5.74, 6) is -3.24. The molecule has 2 aromatic carbocycles. The van der Waals surface area contributed by atoms with Gasteiger partial charge in [-0.2, -0.15) is 0 Å². The number of rotatable bonds is 5. The first-order valence-corrected chi connectivity index (χ1v) is 11.7. The zero-order valence-corrected chi connectivity index (χ0v) is 19.7. The number of carboxylic acids is 1. The van der Waals surface area contributed by atoms with E-state index in [4.69, 9.17) is 23.2 Å². The molecule has 1 aromatic heterocycles. The Morgan fingerprint density at radius 2 is 1.79 bits per heavy atom. The molecular weight excluding hydrogens is 501 g/mol. The first kappa shape index (κ1) is 22.5. The standard InChI is InChI=1S/C23H15Cl2N3O5S/c24-13-3-1-2-12(6-13)20-26-15(11-34-20)9-28-18(29)8-23(22(28)33)16-7-14(25)4-5-17(16)27(21(23)32)10-19(30)31/h1-7,11H,8-10H2,(H,30,31). The molecule has 3 aromatic rings. The van der Waals surface area contributed by atoms with E-state index in [0.29, 0.717) is 15.7 Å². The lowest BCUT2D eigenvalue weighted by molar-refractivity contribution is -0.143. The number of benzene rings is 2. The van der Waals surface area contributed by atoms with Crippen LogP contribution in [0.1, 0.15) is 17.7 Å². The SMILES string of the molecule is O=C(O)CN1C(=O)C2(CC(=O)N(Cc3csc(-c4cccc(Cl)c4)n3)C2=O)c2cc(Cl)ccc21. The number of carboxylic acid groups (broad SMARTS) is 1. The van der Waals surface area contributed by atoms with E-state index in [2.05, 4.69) is 4.98 Å². The van der Waals surface area contributed by atoms with Crippen molar-refractivity contribution in [3.8, 4) is 10.6 Å². The smallest absolute Gasteiger partial charge is 0.323 e. The summed E-state index contributed by atoms with van der Waals surface area (Å²) >= 11 is 13.5. The molecule has 1 spiro atoms. The van der Waals surface area contributed by atoms with Crippen molar-refractivity contribution in [3.05, 3.63) is 69.1 Å². The van der Waals surface area contributed by atoms with Gasteiger partial charge in [-0.1, -0.05) is 35.3 Å². The summed E-state index contributed by atoms with van der Waals surface area (Å²) in [4.78, 5) is 57.9. The summed E-state index contributed by atoms with van der Waals surface area (Å²) < 4.78 is 0. The molecule has 2 aliphatic heterocycles. The van der Waals surface area contributed by atoms with Crippen LogP contribution in [0.3, 0.4) is 0 Å². The number of carbonyl (C=O) groups is 4. The summed E-state index contributed by atoms with van der Waals surface area (Å²) in [6.07, 6.45) is -0.403. The van der Waals surface area contributed by atoms with Crippen molar-refractivity contribution < 1.29 is 24.3 Å². The maximum Gasteiger partial charge on any atom is 0.323 e. The fourth-order valence-corrected chi connectivity index (χ4v) is 5.58. The van der Waals surface area contributed by atoms with E-state index >= 15 is 0 Å². The van der Waals surface area contributed by atoms with Crippen LogP contribution in [0.15, 0.2) is 47.8 Å². The van der Waals surface area contributed by atoms with Crippen molar-refractivity contribution in [2.75, 3.05) is 11.4 Å². The lowest BCUT2D eigenvalue weighted by Crippen LogP contribution is -2.47. The van der Waals surface area contributed by atoms with Crippen LogP contribution < -0.4 is 4.90 Å². The summed E-state index contributed by atoms with van der Waals surface area (Å²) in [6, 6.07) is 11.6. The molecular formula is C23H15Cl2N3O5S. The van der Waals surface area contributed by atoms with Crippen LogP contribution in [0.25, 0.3) is 10.6 Å². The molecule has 8 nitrogen and oxygen atoms in total. The van der Waals surface area contributed by atoms with Crippen LogP contribution in [0.2, 0.25) is 10.0 Å². The highest BCUT2D eigenvalue weighted by Crippen LogP contribution is 2.49. The Kier molecular flexibility index (Phi) is 5.43. The third kappa shape index (κ3) is 3.48. The maximum atomic E-state index is 13.6. The molecule has 172 valence electrons. The molecule has 34 heavy (non-hydrogen) atoms. The second-order valence-electron chi connectivity index (χ2n) is 7.97. The molecule has 11 heteroatoms. The van der Waals surface area contributed by atoms with Crippen molar-refractivity contribution in [1.82, 2.24) is 9.88 Å². The predicted octanol–water partition coefficient (Wildman–Crippen LogP) is 3.75. The minimum Gasteiger partial charge on any atom is -0.480 e. The van der Waals surface area contributed by atoms with Gasteiger partial charge in [0.2, 0.25) is 17.7 Å². The normalized spacial score (nSPS) is 19.4. The van der Waals surface area contributed by atoms with Gasteiger partial charge < -0.3 is 5.11 Å². The monoisotopic (exact) mass is 515 g/mol. The average Bonchev–Trinajstić information content (AvgIpc) is 3.42. The molecule has 1 saturated heterocycles. The highest BCUT2D eigenvalue weighted by atomic mass is 35.5. The Morgan fingerprint density at radius 1 is 1.06 bits per heavy atom. The van der Waals surface area contributed by atoms with Gasteiger partial charge in [-0.3, -0.25) is 29.0 Å². The lowest BCUT2D eigenvalue weighted by Gasteiger charge is -2.21. The summed E-state index contributed by atoms with van der Waals surface area (Å²) in [5, 5.41) is 12.5. The number of hydrogen-bond acceptors (Lipinski definition) is 6. The topological polar surface area (TPSA) is 108 Å². The minimum atomic E-state index is -1.83. The van der Waals surface area contributed by atoms with Gasteiger partial charge in [-0.25, -0.2) is 4.98 Å².